The second-order valence-corrected chi connectivity index (χ2v) is 4.42. The zero-order chi connectivity index (χ0) is 11.7. The SMILES string of the molecule is Cc1noc(C(=O)O)c1C1CCCN(C)C1. The van der Waals surface area contributed by atoms with Crippen LogP contribution < -0.4 is 0 Å². The Labute approximate surface area is 94.0 Å². The van der Waals surface area contributed by atoms with E-state index in [1.165, 1.54) is 0 Å². The van der Waals surface area contributed by atoms with Gasteiger partial charge in [-0.2, -0.15) is 0 Å². The van der Waals surface area contributed by atoms with Crippen LogP contribution >= 0.6 is 0 Å². The number of aromatic carboxylic acids is 1. The smallest absolute Gasteiger partial charge is 0.375 e. The van der Waals surface area contributed by atoms with Crippen LogP contribution in [0.2, 0.25) is 0 Å². The van der Waals surface area contributed by atoms with E-state index in [4.69, 9.17) is 9.63 Å². The second-order valence-electron chi connectivity index (χ2n) is 4.42. The highest BCUT2D eigenvalue weighted by molar-refractivity contribution is 5.86. The highest BCUT2D eigenvalue weighted by Gasteiger charge is 2.29. The van der Waals surface area contributed by atoms with E-state index in [0.29, 0.717) is 5.69 Å². The normalized spacial score (nSPS) is 22.2. The van der Waals surface area contributed by atoms with Gasteiger partial charge in [0.05, 0.1) is 5.69 Å². The summed E-state index contributed by atoms with van der Waals surface area (Å²) in [5, 5.41) is 12.8. The molecule has 0 saturated carbocycles. The first-order chi connectivity index (χ1) is 7.59. The molecule has 5 nitrogen and oxygen atoms in total. The predicted molar refractivity (Wildman–Crippen MR) is 57.7 cm³/mol. The van der Waals surface area contributed by atoms with Crippen molar-refractivity contribution in [1.82, 2.24) is 10.1 Å². The summed E-state index contributed by atoms with van der Waals surface area (Å²) in [4.78, 5) is 13.2. The Bertz CT molecular complexity index is 400. The van der Waals surface area contributed by atoms with Crippen LogP contribution in [0.4, 0.5) is 0 Å². The molecule has 1 unspecified atom stereocenters. The van der Waals surface area contributed by atoms with Gasteiger partial charge in [0.15, 0.2) is 0 Å². The van der Waals surface area contributed by atoms with Gasteiger partial charge >= 0.3 is 5.97 Å². The molecule has 16 heavy (non-hydrogen) atoms. The number of hydrogen-bond acceptors (Lipinski definition) is 4. The average molecular weight is 224 g/mol. The van der Waals surface area contributed by atoms with Crippen LogP contribution in [0.3, 0.4) is 0 Å². The van der Waals surface area contributed by atoms with Gasteiger partial charge in [0.2, 0.25) is 5.76 Å². The molecule has 2 rings (SSSR count). The monoisotopic (exact) mass is 224 g/mol. The van der Waals surface area contributed by atoms with E-state index in [1.54, 1.807) is 6.92 Å². The number of aryl methyl sites for hydroxylation is 1. The minimum atomic E-state index is -1.02. The molecule has 1 saturated heterocycles. The quantitative estimate of drug-likeness (QED) is 0.824. The first-order valence-electron chi connectivity index (χ1n) is 5.47. The zero-order valence-electron chi connectivity index (χ0n) is 9.56. The number of carbonyl (C=O) groups is 1. The molecule has 0 radical (unpaired) electrons. The number of carboxylic acids is 1. The van der Waals surface area contributed by atoms with Crippen LogP contribution in [0.15, 0.2) is 4.52 Å². The van der Waals surface area contributed by atoms with Crippen molar-refractivity contribution in [2.24, 2.45) is 0 Å². The van der Waals surface area contributed by atoms with Gasteiger partial charge in [-0.1, -0.05) is 5.16 Å². The molecule has 0 bridgehead atoms. The summed E-state index contributed by atoms with van der Waals surface area (Å²) in [5.74, 6) is -0.780. The first-order valence-corrected chi connectivity index (χ1v) is 5.47. The molecule has 0 aromatic carbocycles. The van der Waals surface area contributed by atoms with Gasteiger partial charge in [-0.05, 0) is 33.4 Å². The average Bonchev–Trinajstić information content (AvgIpc) is 2.60. The third kappa shape index (κ3) is 1.95. The number of likely N-dealkylation sites (N-methyl/N-ethyl adjacent to an activating group) is 1. The van der Waals surface area contributed by atoms with Gasteiger partial charge in [0.25, 0.3) is 0 Å². The summed E-state index contributed by atoms with van der Waals surface area (Å²) >= 11 is 0. The Hall–Kier alpha value is -1.36. The van der Waals surface area contributed by atoms with Crippen LogP contribution in [-0.4, -0.2) is 41.3 Å². The number of aromatic nitrogens is 1. The van der Waals surface area contributed by atoms with Crippen molar-refractivity contribution in [3.8, 4) is 0 Å². The van der Waals surface area contributed by atoms with Crippen molar-refractivity contribution >= 4 is 5.97 Å². The maximum absolute atomic E-state index is 11.0. The fraction of sp³-hybridized carbons (Fsp3) is 0.636. The highest BCUT2D eigenvalue weighted by Crippen LogP contribution is 2.31. The molecule has 1 aromatic rings. The molecular weight excluding hydrogens is 208 g/mol. The van der Waals surface area contributed by atoms with Gasteiger partial charge in [0, 0.05) is 18.0 Å². The van der Waals surface area contributed by atoms with Gasteiger partial charge in [-0.3, -0.25) is 0 Å². The summed E-state index contributed by atoms with van der Waals surface area (Å²) in [7, 11) is 2.05. The van der Waals surface area contributed by atoms with E-state index in [1.807, 2.05) is 0 Å². The Morgan fingerprint density at radius 3 is 3.00 bits per heavy atom. The highest BCUT2D eigenvalue weighted by atomic mass is 16.5. The summed E-state index contributed by atoms with van der Waals surface area (Å²) in [6, 6.07) is 0. The van der Waals surface area contributed by atoms with Crippen LogP contribution in [0.1, 0.15) is 40.6 Å². The standard InChI is InChI=1S/C11H16N2O3/c1-7-9(10(11(14)15)16-12-7)8-4-3-5-13(2)6-8/h8H,3-6H2,1-2H3,(H,14,15). The summed E-state index contributed by atoms with van der Waals surface area (Å²) < 4.78 is 4.88. The van der Waals surface area contributed by atoms with E-state index in [2.05, 4.69) is 17.1 Å². The lowest BCUT2D eigenvalue weighted by atomic mass is 9.89. The largest absolute Gasteiger partial charge is 0.475 e. The van der Waals surface area contributed by atoms with Crippen molar-refractivity contribution in [3.05, 3.63) is 17.0 Å². The first kappa shape index (κ1) is 11.1. The molecule has 5 heteroatoms. The van der Waals surface area contributed by atoms with Gasteiger partial charge in [0.1, 0.15) is 0 Å². The number of likely N-dealkylation sites (tertiary alicyclic amines) is 1. The third-order valence-corrected chi connectivity index (χ3v) is 3.14. The van der Waals surface area contributed by atoms with Gasteiger partial charge in [-0.15, -0.1) is 0 Å². The Kier molecular flexibility index (Phi) is 2.96. The van der Waals surface area contributed by atoms with Crippen molar-refractivity contribution in [2.75, 3.05) is 20.1 Å². The van der Waals surface area contributed by atoms with Crippen molar-refractivity contribution in [3.63, 3.8) is 0 Å². The molecule has 1 fully saturated rings. The Morgan fingerprint density at radius 1 is 1.62 bits per heavy atom. The van der Waals surface area contributed by atoms with Crippen LogP contribution in [0.25, 0.3) is 0 Å². The second kappa shape index (κ2) is 4.25. The molecule has 1 aromatic heterocycles. The molecule has 1 aliphatic heterocycles. The predicted octanol–water partition coefficient (Wildman–Crippen LogP) is 1.49. The summed E-state index contributed by atoms with van der Waals surface area (Å²) in [5.41, 5.74) is 1.48. The van der Waals surface area contributed by atoms with Crippen LogP contribution in [0.5, 0.6) is 0 Å². The molecule has 1 N–H and O–H groups in total. The van der Waals surface area contributed by atoms with Crippen LogP contribution in [-0.2, 0) is 0 Å². The van der Waals surface area contributed by atoms with E-state index >= 15 is 0 Å². The molecule has 0 aliphatic carbocycles. The van der Waals surface area contributed by atoms with Gasteiger partial charge in [-0.25, -0.2) is 4.79 Å². The summed E-state index contributed by atoms with van der Waals surface area (Å²) in [6.45, 7) is 3.76. The Morgan fingerprint density at radius 2 is 2.38 bits per heavy atom. The molecule has 88 valence electrons. The number of carboxylic acid groups (broad SMARTS) is 1. The fourth-order valence-corrected chi connectivity index (χ4v) is 2.41. The molecular formula is C11H16N2O3. The van der Waals surface area contributed by atoms with E-state index < -0.39 is 5.97 Å². The minimum Gasteiger partial charge on any atom is -0.475 e. The number of hydrogen-bond donors (Lipinski definition) is 1. The lowest BCUT2D eigenvalue weighted by Gasteiger charge is -2.29. The van der Waals surface area contributed by atoms with E-state index in [-0.39, 0.29) is 11.7 Å². The minimum absolute atomic E-state index is 0.0119. The van der Waals surface area contributed by atoms with Crippen LogP contribution in [0, 0.1) is 6.92 Å². The maximum Gasteiger partial charge on any atom is 0.375 e. The zero-order valence-corrected chi connectivity index (χ0v) is 9.56. The van der Waals surface area contributed by atoms with E-state index in [0.717, 1.165) is 31.5 Å². The lowest BCUT2D eigenvalue weighted by Crippen LogP contribution is -2.31. The molecule has 1 aliphatic rings. The molecule has 1 atom stereocenters. The summed E-state index contributed by atoms with van der Waals surface area (Å²) in [6.07, 6.45) is 2.09. The molecule has 0 spiro atoms. The molecule has 2 heterocycles. The van der Waals surface area contributed by atoms with Gasteiger partial charge < -0.3 is 14.5 Å². The fourth-order valence-electron chi connectivity index (χ4n) is 2.41. The third-order valence-electron chi connectivity index (χ3n) is 3.14. The topological polar surface area (TPSA) is 66.6 Å². The molecule has 0 amide bonds. The van der Waals surface area contributed by atoms with Crippen molar-refractivity contribution in [1.29, 1.82) is 0 Å². The van der Waals surface area contributed by atoms with E-state index in [9.17, 15) is 4.79 Å². The lowest BCUT2D eigenvalue weighted by molar-refractivity contribution is 0.0648. The number of piperidine rings is 1. The van der Waals surface area contributed by atoms with Crippen molar-refractivity contribution in [2.45, 2.75) is 25.7 Å². The Balaban J connectivity index is 2.31. The number of nitrogens with zero attached hydrogens (tertiary/aromatic N) is 2. The number of rotatable bonds is 2. The van der Waals surface area contributed by atoms with Crippen molar-refractivity contribution < 1.29 is 14.4 Å². The maximum atomic E-state index is 11.0.